The number of anilines is 4. The molecular formula is C43H50F4N12O2. The summed E-state index contributed by atoms with van der Waals surface area (Å²) in [6, 6.07) is 7.51. The van der Waals surface area contributed by atoms with Crippen molar-refractivity contribution in [3.8, 4) is 22.3 Å². The van der Waals surface area contributed by atoms with E-state index in [4.69, 9.17) is 5.10 Å². The van der Waals surface area contributed by atoms with Gasteiger partial charge in [0.25, 0.3) is 6.43 Å². The molecule has 0 atom stereocenters. The molecule has 0 fully saturated rings. The zero-order valence-corrected chi connectivity index (χ0v) is 35.5. The van der Waals surface area contributed by atoms with Gasteiger partial charge < -0.3 is 20.4 Å². The molecule has 6 heterocycles. The molecule has 2 aliphatic heterocycles. The molecule has 18 heteroatoms. The number of benzene rings is 2. The van der Waals surface area contributed by atoms with Gasteiger partial charge in [-0.25, -0.2) is 17.6 Å². The molecule has 0 bridgehead atoms. The Kier molecular flexibility index (Phi) is 12.1. The first kappa shape index (κ1) is 42.7. The second kappa shape index (κ2) is 17.3. The van der Waals surface area contributed by atoms with Crippen LogP contribution in [0.1, 0.15) is 88.1 Å². The van der Waals surface area contributed by atoms with Gasteiger partial charge in [-0.15, -0.1) is 0 Å². The lowest BCUT2D eigenvalue weighted by atomic mass is 10.0. The predicted octanol–water partition coefficient (Wildman–Crippen LogP) is 8.24. The lowest BCUT2D eigenvalue weighted by Gasteiger charge is -2.27. The molecule has 0 spiro atoms. The van der Waals surface area contributed by atoms with E-state index in [1.807, 2.05) is 42.5 Å². The molecule has 8 rings (SSSR count). The van der Waals surface area contributed by atoms with Crippen LogP contribution in [0.2, 0.25) is 0 Å². The molecule has 322 valence electrons. The summed E-state index contributed by atoms with van der Waals surface area (Å²) < 4.78 is 64.6. The van der Waals surface area contributed by atoms with E-state index < -0.39 is 12.2 Å². The maximum atomic E-state index is 15.0. The molecule has 6 aromatic rings. The number of nitrogens with one attached hydrogen (secondary N) is 2. The van der Waals surface area contributed by atoms with E-state index in [-0.39, 0.29) is 46.5 Å². The summed E-state index contributed by atoms with van der Waals surface area (Å²) in [7, 11) is 3.49. The van der Waals surface area contributed by atoms with Gasteiger partial charge in [0.1, 0.15) is 11.6 Å². The first-order valence-corrected chi connectivity index (χ1v) is 20.1. The summed E-state index contributed by atoms with van der Waals surface area (Å²) in [5.74, 6) is -0.101. The van der Waals surface area contributed by atoms with E-state index in [2.05, 4.69) is 39.8 Å². The topological polar surface area (TPSA) is 136 Å². The van der Waals surface area contributed by atoms with Crippen LogP contribution in [0.3, 0.4) is 0 Å². The first-order chi connectivity index (χ1) is 29.0. The summed E-state index contributed by atoms with van der Waals surface area (Å²) in [6.45, 7) is 13.2. The summed E-state index contributed by atoms with van der Waals surface area (Å²) in [5, 5.41) is 23.5. The number of carbonyl (C=O) groups excluding carboxylic acids is 2. The normalized spacial score (nSPS) is 13.7. The fraction of sp³-hybridized carbons (Fsp3) is 0.395. The predicted molar refractivity (Wildman–Crippen MR) is 224 cm³/mol. The molecule has 61 heavy (non-hydrogen) atoms. The Morgan fingerprint density at radius 2 is 1.16 bits per heavy atom. The van der Waals surface area contributed by atoms with E-state index in [9.17, 15) is 22.8 Å². The number of amides is 2. The zero-order valence-electron chi connectivity index (χ0n) is 35.5. The van der Waals surface area contributed by atoms with Gasteiger partial charge in [-0.1, -0.05) is 6.07 Å². The summed E-state index contributed by atoms with van der Waals surface area (Å²) in [4.78, 5) is 27.2. The molecule has 0 unspecified atom stereocenters. The molecule has 0 radical (unpaired) electrons. The number of hydrogen-bond donors (Lipinski definition) is 2. The minimum atomic E-state index is -2.80. The number of aryl methyl sites for hydroxylation is 2. The lowest BCUT2D eigenvalue weighted by Crippen LogP contribution is -2.34. The van der Waals surface area contributed by atoms with Crippen LogP contribution in [-0.4, -0.2) is 73.8 Å². The highest BCUT2D eigenvalue weighted by molar-refractivity contribution is 5.76. The number of carbonyl (C=O) groups is 2. The van der Waals surface area contributed by atoms with Crippen molar-refractivity contribution >= 4 is 34.8 Å². The highest BCUT2D eigenvalue weighted by Gasteiger charge is 2.30. The van der Waals surface area contributed by atoms with Crippen LogP contribution in [-0.2, 0) is 49.6 Å². The van der Waals surface area contributed by atoms with E-state index >= 15 is 4.39 Å². The molecular weight excluding hydrogens is 793 g/mol. The maximum absolute atomic E-state index is 15.0. The number of alkyl halides is 2. The quantitative estimate of drug-likeness (QED) is 0.139. The Hall–Kier alpha value is -6.46. The van der Waals surface area contributed by atoms with Crippen molar-refractivity contribution in [2.45, 2.75) is 86.0 Å². The molecule has 14 nitrogen and oxygen atoms in total. The number of aromatic nitrogens is 8. The van der Waals surface area contributed by atoms with Gasteiger partial charge in [-0.05, 0) is 63.1 Å². The van der Waals surface area contributed by atoms with Gasteiger partial charge in [-0.3, -0.25) is 28.3 Å². The van der Waals surface area contributed by atoms with Crippen LogP contribution in [0.25, 0.3) is 22.3 Å². The third kappa shape index (κ3) is 8.88. The summed E-state index contributed by atoms with van der Waals surface area (Å²) in [6.07, 6.45) is 5.09. The van der Waals surface area contributed by atoms with Crippen molar-refractivity contribution < 1.29 is 27.2 Å². The van der Waals surface area contributed by atoms with Crippen molar-refractivity contribution in [3.63, 3.8) is 0 Å². The third-order valence-corrected chi connectivity index (χ3v) is 10.9. The highest BCUT2D eigenvalue weighted by atomic mass is 19.3. The Balaban J connectivity index is 0.000000185. The molecule has 0 saturated heterocycles. The van der Waals surface area contributed by atoms with Crippen LogP contribution in [0.5, 0.6) is 0 Å². The zero-order chi connectivity index (χ0) is 43.9. The van der Waals surface area contributed by atoms with Gasteiger partial charge in [0.15, 0.2) is 11.6 Å². The second-order valence-corrected chi connectivity index (χ2v) is 16.0. The summed E-state index contributed by atoms with van der Waals surface area (Å²) >= 11 is 0. The van der Waals surface area contributed by atoms with Crippen molar-refractivity contribution in [2.75, 3.05) is 23.7 Å². The van der Waals surface area contributed by atoms with Crippen molar-refractivity contribution in [2.24, 2.45) is 14.1 Å². The lowest BCUT2D eigenvalue weighted by molar-refractivity contribution is -0.130. The molecule has 2 N–H and O–H groups in total. The smallest absolute Gasteiger partial charge is 0.264 e. The van der Waals surface area contributed by atoms with E-state index in [1.165, 1.54) is 23.9 Å². The molecule has 0 aliphatic carbocycles. The maximum Gasteiger partial charge on any atom is 0.264 e. The fourth-order valence-corrected chi connectivity index (χ4v) is 7.78. The Morgan fingerprint density at radius 3 is 1.61 bits per heavy atom. The number of hydrogen-bond acceptors (Lipinski definition) is 8. The van der Waals surface area contributed by atoms with Gasteiger partial charge in [0.05, 0.1) is 36.9 Å². The monoisotopic (exact) mass is 842 g/mol. The highest BCUT2D eigenvalue weighted by Crippen LogP contribution is 2.38. The van der Waals surface area contributed by atoms with Gasteiger partial charge in [-0.2, -0.15) is 20.4 Å². The van der Waals surface area contributed by atoms with Crippen molar-refractivity contribution in [1.82, 2.24) is 48.9 Å². The van der Waals surface area contributed by atoms with Crippen molar-refractivity contribution in [3.05, 3.63) is 94.8 Å². The van der Waals surface area contributed by atoms with Gasteiger partial charge >= 0.3 is 0 Å². The Bertz CT molecular complexity index is 2590. The summed E-state index contributed by atoms with van der Waals surface area (Å²) in [5.41, 5.74) is 5.87. The minimum absolute atomic E-state index is 0.0332. The minimum Gasteiger partial charge on any atom is -0.338 e. The van der Waals surface area contributed by atoms with E-state index in [0.29, 0.717) is 55.5 Å². The van der Waals surface area contributed by atoms with Gasteiger partial charge in [0, 0.05) is 118 Å². The van der Waals surface area contributed by atoms with Crippen LogP contribution in [0.15, 0.2) is 55.1 Å². The Labute approximate surface area is 351 Å². The fourth-order valence-electron chi connectivity index (χ4n) is 7.78. The van der Waals surface area contributed by atoms with E-state index in [0.717, 1.165) is 52.2 Å². The van der Waals surface area contributed by atoms with Crippen LogP contribution >= 0.6 is 0 Å². The van der Waals surface area contributed by atoms with Crippen LogP contribution in [0, 0.1) is 11.6 Å². The molecule has 2 aromatic carbocycles. The van der Waals surface area contributed by atoms with Gasteiger partial charge in [0.2, 0.25) is 11.8 Å². The molecule has 4 aromatic heterocycles. The SMILES string of the molecule is CC(=O)N1CCc2c(c(Nc3cc(C(F)F)c(-c4cnn(C)c4)cc3F)nn2C(C)C)C1.CC(=O)N1CCc2c(c(Nc3ccc(-c4cnn(C)c4)cc3F)nn2C(C)C)C1. The third-order valence-electron chi connectivity index (χ3n) is 10.9. The number of rotatable bonds is 9. The van der Waals surface area contributed by atoms with E-state index in [1.54, 1.807) is 46.9 Å². The average Bonchev–Trinajstić information content (AvgIpc) is 4.01. The molecule has 0 saturated carbocycles. The largest absolute Gasteiger partial charge is 0.338 e. The standard InChI is InChI=1S/C22H25F3N6O.C21H25FN6O/c1-12(2)31-20-5-6-30(13(3)32)11-17(20)22(28-31)27-19-8-16(21(24)25)15(7-18(19)23)14-9-26-29(4)10-14;1-13(2)28-20-7-8-27(14(3)29)12-17(20)21(25-28)24-19-6-5-15(9-18(19)22)16-10-23-26(4)11-16/h7-10,12,21H,5-6,11H2,1-4H3,(H,27,28);5-6,9-11,13H,7-8,12H2,1-4H3,(H,24,25). The Morgan fingerprint density at radius 1 is 0.672 bits per heavy atom. The van der Waals surface area contributed by atoms with Crippen LogP contribution in [0.4, 0.5) is 40.6 Å². The first-order valence-electron chi connectivity index (χ1n) is 20.1. The number of nitrogens with zero attached hydrogens (tertiary/aromatic N) is 10. The second-order valence-electron chi connectivity index (χ2n) is 16.0. The molecule has 2 amide bonds. The van der Waals surface area contributed by atoms with Crippen molar-refractivity contribution in [1.29, 1.82) is 0 Å². The number of fused-ring (bicyclic) bond motifs is 2. The van der Waals surface area contributed by atoms with Crippen LogP contribution < -0.4 is 10.6 Å². The average molecular weight is 843 g/mol. The molecule has 2 aliphatic rings. The number of halogens is 4.